The Kier molecular flexibility index (Phi) is 6.75. The number of hydrogen-bond donors (Lipinski definition) is 1. The number of aromatic nitrogens is 1. The van der Waals surface area contributed by atoms with Gasteiger partial charge in [-0.3, -0.25) is 0 Å². The molecule has 1 aromatic rings. The van der Waals surface area contributed by atoms with E-state index in [1.165, 1.54) is 30.0 Å². The van der Waals surface area contributed by atoms with Crippen LogP contribution in [0, 0.1) is 12.8 Å². The van der Waals surface area contributed by atoms with E-state index in [-0.39, 0.29) is 0 Å². The van der Waals surface area contributed by atoms with Crippen LogP contribution < -0.4 is 5.32 Å². The maximum absolute atomic E-state index is 4.59. The van der Waals surface area contributed by atoms with Crippen molar-refractivity contribution in [3.63, 3.8) is 0 Å². The van der Waals surface area contributed by atoms with Crippen molar-refractivity contribution in [3.8, 4) is 0 Å². The normalized spacial score (nSPS) is 13.2. The molecule has 0 saturated carbocycles. The van der Waals surface area contributed by atoms with Gasteiger partial charge in [-0.1, -0.05) is 33.6 Å². The summed E-state index contributed by atoms with van der Waals surface area (Å²) in [6, 6.07) is 0.589. The summed E-state index contributed by atoms with van der Waals surface area (Å²) in [4.78, 5) is 4.59. The molecule has 0 aromatic carbocycles. The van der Waals surface area contributed by atoms with Gasteiger partial charge in [0.05, 0.1) is 10.7 Å². The molecule has 17 heavy (non-hydrogen) atoms. The first-order valence-electron chi connectivity index (χ1n) is 6.85. The molecule has 1 atom stereocenters. The van der Waals surface area contributed by atoms with E-state index in [0.29, 0.717) is 6.04 Å². The molecule has 1 unspecified atom stereocenters. The number of thiazole rings is 1. The summed E-state index contributed by atoms with van der Waals surface area (Å²) in [6.45, 7) is 10.0. The molecular weight excluding hydrogens is 228 g/mol. The average molecular weight is 254 g/mol. The van der Waals surface area contributed by atoms with E-state index in [9.17, 15) is 0 Å². The molecule has 1 rings (SSSR count). The van der Waals surface area contributed by atoms with Gasteiger partial charge >= 0.3 is 0 Å². The predicted molar refractivity (Wildman–Crippen MR) is 76.7 cm³/mol. The second kappa shape index (κ2) is 7.83. The molecule has 0 aliphatic heterocycles. The van der Waals surface area contributed by atoms with Crippen LogP contribution in [0.15, 0.2) is 5.38 Å². The molecule has 0 aliphatic rings. The van der Waals surface area contributed by atoms with Gasteiger partial charge in [0.25, 0.3) is 0 Å². The van der Waals surface area contributed by atoms with Gasteiger partial charge in [-0.15, -0.1) is 11.3 Å². The number of nitrogens with one attached hydrogen (secondary N) is 1. The molecule has 2 nitrogen and oxygen atoms in total. The van der Waals surface area contributed by atoms with E-state index in [2.05, 4.69) is 43.4 Å². The first kappa shape index (κ1) is 14.7. The van der Waals surface area contributed by atoms with Crippen LogP contribution in [0.2, 0.25) is 0 Å². The molecule has 0 amide bonds. The lowest BCUT2D eigenvalue weighted by molar-refractivity contribution is 0.330. The van der Waals surface area contributed by atoms with Gasteiger partial charge in [0.15, 0.2) is 0 Å². The Morgan fingerprint density at radius 1 is 1.29 bits per heavy atom. The SMILES string of the molecule is CCCNC(Cc1csc(C)n1)C(CC)CC. The fourth-order valence-electron chi connectivity index (χ4n) is 2.32. The first-order chi connectivity index (χ1) is 8.21. The molecule has 1 heterocycles. The highest BCUT2D eigenvalue weighted by molar-refractivity contribution is 7.09. The highest BCUT2D eigenvalue weighted by atomic mass is 32.1. The summed E-state index contributed by atoms with van der Waals surface area (Å²) in [5.74, 6) is 0.767. The Balaban J connectivity index is 2.61. The minimum Gasteiger partial charge on any atom is -0.313 e. The fraction of sp³-hybridized carbons (Fsp3) is 0.786. The van der Waals surface area contributed by atoms with Gasteiger partial charge in [0.2, 0.25) is 0 Å². The van der Waals surface area contributed by atoms with Crippen LogP contribution in [0.4, 0.5) is 0 Å². The van der Waals surface area contributed by atoms with Crippen LogP contribution in [0.25, 0.3) is 0 Å². The molecule has 0 aliphatic carbocycles. The molecule has 1 N–H and O–H groups in total. The summed E-state index contributed by atoms with van der Waals surface area (Å²) in [5.41, 5.74) is 1.26. The zero-order valence-electron chi connectivity index (χ0n) is 11.6. The van der Waals surface area contributed by atoms with Crippen molar-refractivity contribution in [2.24, 2.45) is 5.92 Å². The molecule has 0 radical (unpaired) electrons. The molecule has 0 spiro atoms. The van der Waals surface area contributed by atoms with Crippen LogP contribution in [0.5, 0.6) is 0 Å². The van der Waals surface area contributed by atoms with Crippen LogP contribution in [-0.2, 0) is 6.42 Å². The van der Waals surface area contributed by atoms with Crippen molar-refractivity contribution in [3.05, 3.63) is 16.1 Å². The van der Waals surface area contributed by atoms with Gasteiger partial charge < -0.3 is 5.32 Å². The lowest BCUT2D eigenvalue weighted by atomic mass is 9.91. The van der Waals surface area contributed by atoms with Gasteiger partial charge in [-0.2, -0.15) is 0 Å². The first-order valence-corrected chi connectivity index (χ1v) is 7.73. The smallest absolute Gasteiger partial charge is 0.0897 e. The molecule has 1 aromatic heterocycles. The number of rotatable bonds is 8. The Hall–Kier alpha value is -0.410. The molecule has 0 saturated heterocycles. The van der Waals surface area contributed by atoms with E-state index in [4.69, 9.17) is 0 Å². The minimum atomic E-state index is 0.589. The molecular formula is C14H26N2S. The van der Waals surface area contributed by atoms with E-state index in [1.807, 2.05) is 0 Å². The summed E-state index contributed by atoms with van der Waals surface area (Å²) < 4.78 is 0. The topological polar surface area (TPSA) is 24.9 Å². The average Bonchev–Trinajstić information content (AvgIpc) is 2.73. The van der Waals surface area contributed by atoms with Crippen molar-refractivity contribution in [1.82, 2.24) is 10.3 Å². The number of hydrogen-bond acceptors (Lipinski definition) is 3. The van der Waals surface area contributed by atoms with Crippen LogP contribution >= 0.6 is 11.3 Å². The predicted octanol–water partition coefficient (Wildman–Crippen LogP) is 3.80. The third-order valence-corrected chi connectivity index (χ3v) is 4.19. The van der Waals surface area contributed by atoms with Crippen molar-refractivity contribution in [2.75, 3.05) is 6.54 Å². The third-order valence-electron chi connectivity index (χ3n) is 3.37. The Morgan fingerprint density at radius 2 is 2.00 bits per heavy atom. The monoisotopic (exact) mass is 254 g/mol. The van der Waals surface area contributed by atoms with E-state index in [0.717, 1.165) is 18.9 Å². The second-order valence-corrected chi connectivity index (χ2v) is 5.76. The Morgan fingerprint density at radius 3 is 2.47 bits per heavy atom. The molecule has 98 valence electrons. The molecule has 0 bridgehead atoms. The van der Waals surface area contributed by atoms with Crippen LogP contribution in [0.1, 0.15) is 50.7 Å². The summed E-state index contributed by atoms with van der Waals surface area (Å²) in [6.07, 6.45) is 4.78. The molecule has 3 heteroatoms. The lowest BCUT2D eigenvalue weighted by Gasteiger charge is -2.26. The quantitative estimate of drug-likeness (QED) is 0.763. The van der Waals surface area contributed by atoms with Crippen molar-refractivity contribution >= 4 is 11.3 Å². The van der Waals surface area contributed by atoms with Crippen molar-refractivity contribution < 1.29 is 0 Å². The lowest BCUT2D eigenvalue weighted by Crippen LogP contribution is -2.38. The third kappa shape index (κ3) is 4.76. The van der Waals surface area contributed by atoms with E-state index >= 15 is 0 Å². The molecule has 0 fully saturated rings. The zero-order valence-corrected chi connectivity index (χ0v) is 12.4. The minimum absolute atomic E-state index is 0.589. The standard InChI is InChI=1S/C14H26N2S/c1-5-8-15-14(12(6-2)7-3)9-13-10-17-11(4)16-13/h10,12,14-15H,5-9H2,1-4H3. The van der Waals surface area contributed by atoms with Crippen LogP contribution in [-0.4, -0.2) is 17.6 Å². The summed E-state index contributed by atoms with van der Waals surface area (Å²) >= 11 is 1.76. The summed E-state index contributed by atoms with van der Waals surface area (Å²) in [7, 11) is 0. The van der Waals surface area contributed by atoms with Gasteiger partial charge in [-0.05, 0) is 25.8 Å². The van der Waals surface area contributed by atoms with Crippen molar-refractivity contribution in [1.29, 1.82) is 0 Å². The number of aryl methyl sites for hydroxylation is 1. The van der Waals surface area contributed by atoms with Gasteiger partial charge in [0.1, 0.15) is 0 Å². The fourth-order valence-corrected chi connectivity index (χ4v) is 2.95. The number of nitrogens with zero attached hydrogens (tertiary/aromatic N) is 1. The highest BCUT2D eigenvalue weighted by Gasteiger charge is 2.19. The van der Waals surface area contributed by atoms with Gasteiger partial charge in [0, 0.05) is 17.8 Å². The van der Waals surface area contributed by atoms with E-state index in [1.54, 1.807) is 11.3 Å². The largest absolute Gasteiger partial charge is 0.313 e. The maximum Gasteiger partial charge on any atom is 0.0897 e. The van der Waals surface area contributed by atoms with Crippen LogP contribution in [0.3, 0.4) is 0 Å². The Labute approximate surface area is 110 Å². The summed E-state index contributed by atoms with van der Waals surface area (Å²) in [5, 5.41) is 7.08. The van der Waals surface area contributed by atoms with E-state index < -0.39 is 0 Å². The van der Waals surface area contributed by atoms with Crippen molar-refractivity contribution in [2.45, 2.75) is 59.4 Å². The Bertz CT molecular complexity index is 305. The maximum atomic E-state index is 4.59. The highest BCUT2D eigenvalue weighted by Crippen LogP contribution is 2.18. The second-order valence-electron chi connectivity index (χ2n) is 4.70. The van der Waals surface area contributed by atoms with Gasteiger partial charge in [-0.25, -0.2) is 4.98 Å². The zero-order chi connectivity index (χ0) is 12.7.